The molecule has 0 fully saturated rings. The van der Waals surface area contributed by atoms with Gasteiger partial charge in [0.25, 0.3) is 11.1 Å². The van der Waals surface area contributed by atoms with Gasteiger partial charge in [-0.05, 0) is 55.5 Å². The first kappa shape index (κ1) is 18.8. The van der Waals surface area contributed by atoms with E-state index in [9.17, 15) is 4.79 Å². The molecule has 8 heteroatoms. The van der Waals surface area contributed by atoms with Gasteiger partial charge in [0.05, 0.1) is 5.25 Å². The van der Waals surface area contributed by atoms with Gasteiger partial charge in [0, 0.05) is 15.6 Å². The van der Waals surface area contributed by atoms with Crippen LogP contribution in [0.15, 0.2) is 58.2 Å². The third-order valence-corrected chi connectivity index (χ3v) is 4.84. The highest BCUT2D eigenvalue weighted by molar-refractivity contribution is 8.00. The number of hydrogen-bond acceptors (Lipinski definition) is 6. The van der Waals surface area contributed by atoms with E-state index in [-0.39, 0.29) is 17.6 Å². The molecular weight excluding hydrogens is 395 g/mol. The van der Waals surface area contributed by atoms with E-state index in [1.54, 1.807) is 55.5 Å². The van der Waals surface area contributed by atoms with Gasteiger partial charge in [-0.1, -0.05) is 35.0 Å². The second-order valence-corrected chi connectivity index (χ2v) is 7.50. The van der Waals surface area contributed by atoms with Gasteiger partial charge >= 0.3 is 0 Å². The molecule has 134 valence electrons. The minimum Gasteiger partial charge on any atom is -0.484 e. The Bertz CT molecular complexity index is 882. The molecule has 0 spiro atoms. The first-order valence-electron chi connectivity index (χ1n) is 7.68. The van der Waals surface area contributed by atoms with Crippen LogP contribution in [0.4, 0.5) is 0 Å². The molecule has 1 aromatic heterocycles. The Balaban J connectivity index is 1.56. The van der Waals surface area contributed by atoms with Gasteiger partial charge < -0.3 is 9.15 Å². The normalized spacial score (nSPS) is 12.0. The smallest absolute Gasteiger partial charge is 0.277 e. The fourth-order valence-electron chi connectivity index (χ4n) is 2.07. The van der Waals surface area contributed by atoms with Crippen LogP contribution < -0.4 is 4.74 Å². The van der Waals surface area contributed by atoms with Crippen LogP contribution in [0.1, 0.15) is 23.2 Å². The fraction of sp³-hybridized carbons (Fsp3) is 0.167. The van der Waals surface area contributed by atoms with Crippen molar-refractivity contribution in [2.45, 2.75) is 24.0 Å². The number of hydrogen-bond donors (Lipinski definition) is 0. The monoisotopic (exact) mass is 408 g/mol. The van der Waals surface area contributed by atoms with Crippen LogP contribution in [-0.2, 0) is 6.61 Å². The molecule has 1 unspecified atom stereocenters. The molecule has 0 saturated carbocycles. The summed E-state index contributed by atoms with van der Waals surface area (Å²) < 4.78 is 11.1. The van der Waals surface area contributed by atoms with Crippen molar-refractivity contribution in [2.24, 2.45) is 0 Å². The number of carbonyl (C=O) groups is 1. The zero-order valence-electron chi connectivity index (χ0n) is 13.7. The summed E-state index contributed by atoms with van der Waals surface area (Å²) in [5, 5.41) is 9.03. The summed E-state index contributed by atoms with van der Waals surface area (Å²) >= 11 is 12.9. The van der Waals surface area contributed by atoms with E-state index in [1.807, 2.05) is 0 Å². The molecule has 0 amide bonds. The first-order chi connectivity index (χ1) is 12.5. The van der Waals surface area contributed by atoms with Gasteiger partial charge in [-0.3, -0.25) is 4.79 Å². The largest absolute Gasteiger partial charge is 0.484 e. The number of rotatable bonds is 7. The highest BCUT2D eigenvalue weighted by Crippen LogP contribution is 2.25. The standard InChI is InChI=1S/C18H14Cl2N2O3S/c1-11(17(23)12-2-4-13(19)5-3-12)26-18-22-21-16(25-18)10-24-15-8-6-14(20)7-9-15/h2-9,11H,10H2,1H3. The zero-order valence-corrected chi connectivity index (χ0v) is 16.0. The number of ketones is 1. The molecule has 0 saturated heterocycles. The minimum atomic E-state index is -0.373. The van der Waals surface area contributed by atoms with E-state index in [0.29, 0.717) is 32.5 Å². The maximum atomic E-state index is 12.4. The fourth-order valence-corrected chi connectivity index (χ4v) is 3.10. The van der Waals surface area contributed by atoms with E-state index < -0.39 is 0 Å². The quantitative estimate of drug-likeness (QED) is 0.389. The number of benzene rings is 2. The number of carbonyl (C=O) groups excluding carboxylic acids is 1. The Kier molecular flexibility index (Phi) is 6.19. The molecule has 3 aromatic rings. The lowest BCUT2D eigenvalue weighted by atomic mass is 10.1. The lowest BCUT2D eigenvalue weighted by Crippen LogP contribution is -2.13. The zero-order chi connectivity index (χ0) is 18.5. The molecule has 26 heavy (non-hydrogen) atoms. The van der Waals surface area contributed by atoms with E-state index >= 15 is 0 Å². The molecule has 0 radical (unpaired) electrons. The van der Waals surface area contributed by atoms with Crippen molar-refractivity contribution < 1.29 is 13.9 Å². The van der Waals surface area contributed by atoms with Crippen molar-refractivity contribution in [3.63, 3.8) is 0 Å². The minimum absolute atomic E-state index is 0.0381. The van der Waals surface area contributed by atoms with Crippen LogP contribution >= 0.6 is 35.0 Å². The topological polar surface area (TPSA) is 65.2 Å². The van der Waals surface area contributed by atoms with Gasteiger partial charge in [-0.25, -0.2) is 0 Å². The molecular formula is C18H14Cl2N2O3S. The second-order valence-electron chi connectivity index (χ2n) is 5.34. The molecule has 5 nitrogen and oxygen atoms in total. The van der Waals surface area contributed by atoms with Gasteiger partial charge in [-0.2, -0.15) is 0 Å². The average Bonchev–Trinajstić information content (AvgIpc) is 3.08. The number of halogens is 2. The maximum absolute atomic E-state index is 12.4. The van der Waals surface area contributed by atoms with Gasteiger partial charge in [0.1, 0.15) is 5.75 Å². The van der Waals surface area contributed by atoms with Crippen molar-refractivity contribution >= 4 is 40.7 Å². The van der Waals surface area contributed by atoms with Crippen molar-refractivity contribution in [3.05, 3.63) is 70.0 Å². The van der Waals surface area contributed by atoms with Crippen LogP contribution in [-0.4, -0.2) is 21.2 Å². The molecule has 1 heterocycles. The first-order valence-corrected chi connectivity index (χ1v) is 9.32. The summed E-state index contributed by atoms with van der Waals surface area (Å²) in [6.45, 7) is 1.92. The summed E-state index contributed by atoms with van der Waals surface area (Å²) in [5.41, 5.74) is 0.584. The number of Topliss-reactive ketones (excluding diaryl/α,β-unsaturated/α-hetero) is 1. The van der Waals surface area contributed by atoms with Crippen molar-refractivity contribution in [1.82, 2.24) is 10.2 Å². The Hall–Kier alpha value is -2.02. The molecule has 3 rings (SSSR count). The molecule has 1 atom stereocenters. The van der Waals surface area contributed by atoms with Crippen molar-refractivity contribution in [1.29, 1.82) is 0 Å². The number of aromatic nitrogens is 2. The van der Waals surface area contributed by atoms with Crippen molar-refractivity contribution in [2.75, 3.05) is 0 Å². The maximum Gasteiger partial charge on any atom is 0.277 e. The summed E-state index contributed by atoms with van der Waals surface area (Å²) in [7, 11) is 0. The number of ether oxygens (including phenoxy) is 1. The lowest BCUT2D eigenvalue weighted by molar-refractivity contribution is 0.0993. The summed E-state index contributed by atoms with van der Waals surface area (Å²) in [5.74, 6) is 0.936. The van der Waals surface area contributed by atoms with Crippen LogP contribution in [0, 0.1) is 0 Å². The Labute approximate surface area is 164 Å². The average molecular weight is 409 g/mol. The molecule has 0 aliphatic heterocycles. The van der Waals surface area contributed by atoms with Crippen LogP contribution in [0.25, 0.3) is 0 Å². The number of thioether (sulfide) groups is 1. The van der Waals surface area contributed by atoms with Gasteiger partial charge in [0.15, 0.2) is 12.4 Å². The third-order valence-electron chi connectivity index (χ3n) is 3.40. The predicted molar refractivity (Wildman–Crippen MR) is 101 cm³/mol. The Morgan fingerprint density at radius 3 is 2.35 bits per heavy atom. The summed E-state index contributed by atoms with van der Waals surface area (Å²) in [4.78, 5) is 12.4. The SMILES string of the molecule is CC(Sc1nnc(COc2ccc(Cl)cc2)o1)C(=O)c1ccc(Cl)cc1. The third kappa shape index (κ3) is 5.00. The second kappa shape index (κ2) is 8.58. The summed E-state index contributed by atoms with van der Waals surface area (Å²) in [6, 6.07) is 13.7. The Morgan fingerprint density at radius 1 is 1.08 bits per heavy atom. The van der Waals surface area contributed by atoms with E-state index in [0.717, 1.165) is 0 Å². The lowest BCUT2D eigenvalue weighted by Gasteiger charge is -2.07. The molecule has 0 aliphatic rings. The van der Waals surface area contributed by atoms with E-state index in [2.05, 4.69) is 10.2 Å². The van der Waals surface area contributed by atoms with Crippen LogP contribution in [0.3, 0.4) is 0 Å². The van der Waals surface area contributed by atoms with Crippen molar-refractivity contribution in [3.8, 4) is 5.75 Å². The van der Waals surface area contributed by atoms with Crippen LogP contribution in [0.5, 0.6) is 5.75 Å². The molecule has 2 aromatic carbocycles. The van der Waals surface area contributed by atoms with Gasteiger partial charge in [0.2, 0.25) is 0 Å². The summed E-state index contributed by atoms with van der Waals surface area (Å²) in [6.07, 6.45) is 0. The highest BCUT2D eigenvalue weighted by Gasteiger charge is 2.20. The van der Waals surface area contributed by atoms with E-state index in [4.69, 9.17) is 32.4 Å². The predicted octanol–water partition coefficient (Wildman–Crippen LogP) is 5.32. The molecule has 0 aliphatic carbocycles. The van der Waals surface area contributed by atoms with Crippen LogP contribution in [0.2, 0.25) is 10.0 Å². The van der Waals surface area contributed by atoms with E-state index in [1.165, 1.54) is 11.8 Å². The molecule has 0 bridgehead atoms. The Morgan fingerprint density at radius 2 is 1.69 bits per heavy atom. The molecule has 0 N–H and O–H groups in total. The van der Waals surface area contributed by atoms with Gasteiger partial charge in [-0.15, -0.1) is 10.2 Å². The number of nitrogens with zero attached hydrogens (tertiary/aromatic N) is 2. The highest BCUT2D eigenvalue weighted by atomic mass is 35.5.